The molecular weight excluding hydrogens is 164 g/mol. The first-order valence-electron chi connectivity index (χ1n) is 4.85. The molecule has 0 saturated carbocycles. The minimum absolute atomic E-state index is 0.147. The molecule has 0 radical (unpaired) electrons. The van der Waals surface area contributed by atoms with Crippen LogP contribution in [0.3, 0.4) is 0 Å². The van der Waals surface area contributed by atoms with Crippen LogP contribution >= 0.6 is 0 Å². The molecule has 0 aliphatic rings. The first-order chi connectivity index (χ1) is 6.34. The van der Waals surface area contributed by atoms with Crippen LogP contribution in [0.25, 0.3) is 0 Å². The number of hydrogen-bond acceptors (Lipinski definition) is 2. The molecule has 1 rings (SSSR count). The number of unbranched alkanes of at least 4 members (excludes halogenated alkanes) is 3. The Labute approximate surface area is 78.8 Å². The summed E-state index contributed by atoms with van der Waals surface area (Å²) >= 11 is 0. The van der Waals surface area contributed by atoms with Crippen LogP contribution < -0.4 is 0 Å². The van der Waals surface area contributed by atoms with Crippen LogP contribution in [0.4, 0.5) is 0 Å². The van der Waals surface area contributed by atoms with Gasteiger partial charge in [0.1, 0.15) is 6.33 Å². The highest BCUT2D eigenvalue weighted by atomic mass is 16.2. The second-order valence-electron chi connectivity index (χ2n) is 3.17. The van der Waals surface area contributed by atoms with E-state index >= 15 is 0 Å². The van der Waals surface area contributed by atoms with Crippen molar-refractivity contribution in [2.24, 2.45) is 0 Å². The molecule has 0 spiro atoms. The lowest BCUT2D eigenvalue weighted by molar-refractivity contribution is 0.0899. The van der Waals surface area contributed by atoms with E-state index in [-0.39, 0.29) is 5.91 Å². The Hall–Kier alpha value is -1.12. The minimum atomic E-state index is 0.147. The molecule has 0 bridgehead atoms. The van der Waals surface area contributed by atoms with E-state index in [1.165, 1.54) is 12.8 Å². The van der Waals surface area contributed by atoms with Crippen LogP contribution in [-0.2, 0) is 0 Å². The summed E-state index contributed by atoms with van der Waals surface area (Å²) in [6, 6.07) is 0. The highest BCUT2D eigenvalue weighted by Gasteiger charge is 2.02. The maximum absolute atomic E-state index is 11.4. The number of hydrogen-bond donors (Lipinski definition) is 0. The molecule has 0 aliphatic heterocycles. The third-order valence-corrected chi connectivity index (χ3v) is 2.04. The Morgan fingerprint density at radius 2 is 2.23 bits per heavy atom. The summed E-state index contributed by atoms with van der Waals surface area (Å²) in [7, 11) is 0. The molecule has 1 heterocycles. The van der Waals surface area contributed by atoms with Gasteiger partial charge < -0.3 is 0 Å². The standard InChI is InChI=1S/C10H16N2O/c1-2-3-4-5-6-10(13)12-8-7-11-9-12/h7-9H,2-6H2,1H3. The van der Waals surface area contributed by atoms with Gasteiger partial charge in [0.2, 0.25) is 5.91 Å². The van der Waals surface area contributed by atoms with Gasteiger partial charge in [0.15, 0.2) is 0 Å². The Morgan fingerprint density at radius 3 is 2.85 bits per heavy atom. The molecule has 0 aliphatic carbocycles. The maximum atomic E-state index is 11.4. The first kappa shape index (κ1) is 9.96. The van der Waals surface area contributed by atoms with E-state index < -0.39 is 0 Å². The molecule has 3 heteroatoms. The molecule has 1 aromatic heterocycles. The van der Waals surface area contributed by atoms with Crippen molar-refractivity contribution in [3.8, 4) is 0 Å². The van der Waals surface area contributed by atoms with E-state index in [2.05, 4.69) is 11.9 Å². The lowest BCUT2D eigenvalue weighted by Gasteiger charge is -1.99. The third-order valence-electron chi connectivity index (χ3n) is 2.04. The minimum Gasteiger partial charge on any atom is -0.276 e. The molecule has 13 heavy (non-hydrogen) atoms. The molecule has 0 atom stereocenters. The summed E-state index contributed by atoms with van der Waals surface area (Å²) in [5.74, 6) is 0.147. The van der Waals surface area contributed by atoms with E-state index in [0.29, 0.717) is 6.42 Å². The third kappa shape index (κ3) is 3.40. The van der Waals surface area contributed by atoms with Crippen molar-refractivity contribution < 1.29 is 4.79 Å². The van der Waals surface area contributed by atoms with E-state index in [1.807, 2.05) is 0 Å². The van der Waals surface area contributed by atoms with E-state index in [4.69, 9.17) is 0 Å². The summed E-state index contributed by atoms with van der Waals surface area (Å²) < 4.78 is 1.55. The average molecular weight is 180 g/mol. The van der Waals surface area contributed by atoms with Crippen LogP contribution in [0.15, 0.2) is 18.7 Å². The van der Waals surface area contributed by atoms with Gasteiger partial charge in [0.05, 0.1) is 0 Å². The van der Waals surface area contributed by atoms with Gasteiger partial charge in [-0.25, -0.2) is 4.98 Å². The van der Waals surface area contributed by atoms with Gasteiger partial charge in [-0.05, 0) is 6.42 Å². The normalized spacial score (nSPS) is 10.2. The lowest BCUT2D eigenvalue weighted by atomic mass is 10.1. The predicted octanol–water partition coefficient (Wildman–Crippen LogP) is 2.49. The van der Waals surface area contributed by atoms with Crippen LogP contribution in [-0.4, -0.2) is 15.5 Å². The zero-order valence-corrected chi connectivity index (χ0v) is 8.07. The van der Waals surface area contributed by atoms with E-state index in [1.54, 1.807) is 23.3 Å². The molecule has 3 nitrogen and oxygen atoms in total. The largest absolute Gasteiger partial charge is 0.276 e. The number of imidazole rings is 1. The first-order valence-corrected chi connectivity index (χ1v) is 4.85. The summed E-state index contributed by atoms with van der Waals surface area (Å²) in [6.07, 6.45) is 10.1. The zero-order valence-electron chi connectivity index (χ0n) is 8.07. The molecule has 1 aromatic rings. The fourth-order valence-electron chi connectivity index (χ4n) is 1.24. The summed E-state index contributed by atoms with van der Waals surface area (Å²) in [4.78, 5) is 15.2. The van der Waals surface area contributed by atoms with Gasteiger partial charge in [0.25, 0.3) is 0 Å². The summed E-state index contributed by atoms with van der Waals surface area (Å²) in [5.41, 5.74) is 0. The van der Waals surface area contributed by atoms with Crippen molar-refractivity contribution in [3.63, 3.8) is 0 Å². The lowest BCUT2D eigenvalue weighted by Crippen LogP contribution is -2.07. The van der Waals surface area contributed by atoms with E-state index in [0.717, 1.165) is 12.8 Å². The second kappa shape index (κ2) is 5.51. The molecule has 0 aromatic carbocycles. The fourth-order valence-corrected chi connectivity index (χ4v) is 1.24. The molecule has 0 amide bonds. The van der Waals surface area contributed by atoms with Crippen molar-refractivity contribution in [2.75, 3.05) is 0 Å². The Bertz CT molecular complexity index is 241. The van der Waals surface area contributed by atoms with Gasteiger partial charge in [-0.15, -0.1) is 0 Å². The number of carbonyl (C=O) groups is 1. The average Bonchev–Trinajstić information content (AvgIpc) is 2.65. The summed E-state index contributed by atoms with van der Waals surface area (Å²) in [6.45, 7) is 2.16. The van der Waals surface area contributed by atoms with Crippen molar-refractivity contribution in [2.45, 2.75) is 39.0 Å². The molecule has 0 N–H and O–H groups in total. The second-order valence-corrected chi connectivity index (χ2v) is 3.17. The van der Waals surface area contributed by atoms with Crippen molar-refractivity contribution in [3.05, 3.63) is 18.7 Å². The molecule has 0 unspecified atom stereocenters. The van der Waals surface area contributed by atoms with Gasteiger partial charge in [0, 0.05) is 18.8 Å². The highest BCUT2D eigenvalue weighted by Crippen LogP contribution is 2.03. The highest BCUT2D eigenvalue weighted by molar-refractivity contribution is 5.78. The van der Waals surface area contributed by atoms with Gasteiger partial charge in [-0.3, -0.25) is 9.36 Å². The SMILES string of the molecule is CCCCCCC(=O)n1ccnc1. The Kier molecular flexibility index (Phi) is 4.23. The maximum Gasteiger partial charge on any atom is 0.231 e. The van der Waals surface area contributed by atoms with Crippen molar-refractivity contribution in [1.82, 2.24) is 9.55 Å². The number of nitrogens with zero attached hydrogens (tertiary/aromatic N) is 2. The van der Waals surface area contributed by atoms with Crippen LogP contribution in [0, 0.1) is 0 Å². The monoisotopic (exact) mass is 180 g/mol. The van der Waals surface area contributed by atoms with Gasteiger partial charge in [-0.1, -0.05) is 26.2 Å². The smallest absolute Gasteiger partial charge is 0.231 e. The predicted molar refractivity (Wildman–Crippen MR) is 51.6 cm³/mol. The fraction of sp³-hybridized carbons (Fsp3) is 0.600. The number of aromatic nitrogens is 2. The zero-order chi connectivity index (χ0) is 9.52. The summed E-state index contributed by atoms with van der Waals surface area (Å²) in [5, 5.41) is 0. The van der Waals surface area contributed by atoms with Crippen LogP contribution in [0.1, 0.15) is 43.8 Å². The van der Waals surface area contributed by atoms with Crippen LogP contribution in [0.5, 0.6) is 0 Å². The van der Waals surface area contributed by atoms with Gasteiger partial charge >= 0.3 is 0 Å². The van der Waals surface area contributed by atoms with Crippen LogP contribution in [0.2, 0.25) is 0 Å². The molecule has 0 saturated heterocycles. The molecule has 0 fully saturated rings. The Balaban J connectivity index is 2.19. The quantitative estimate of drug-likeness (QED) is 0.652. The number of carbonyl (C=O) groups excluding carboxylic acids is 1. The van der Waals surface area contributed by atoms with Crippen molar-refractivity contribution in [1.29, 1.82) is 0 Å². The molecular formula is C10H16N2O. The van der Waals surface area contributed by atoms with Crippen molar-refractivity contribution >= 4 is 5.91 Å². The van der Waals surface area contributed by atoms with Gasteiger partial charge in [-0.2, -0.15) is 0 Å². The topological polar surface area (TPSA) is 34.9 Å². The Morgan fingerprint density at radius 1 is 1.38 bits per heavy atom. The number of rotatable bonds is 5. The van der Waals surface area contributed by atoms with E-state index in [9.17, 15) is 4.79 Å². The molecule has 72 valence electrons.